The second kappa shape index (κ2) is 11.0. The molecule has 0 unspecified atom stereocenters. The molecule has 10 heteroatoms. The zero-order valence-electron chi connectivity index (χ0n) is 16.8. The summed E-state index contributed by atoms with van der Waals surface area (Å²) in [5.74, 6) is -0.690. The minimum atomic E-state index is -0.732. The first-order chi connectivity index (χ1) is 14.9. The maximum atomic E-state index is 12.4. The number of ether oxygens (including phenoxy) is 3. The smallest absolute Gasteiger partial charge is 0.344 e. The zero-order valence-corrected chi connectivity index (χ0v) is 16.8. The summed E-state index contributed by atoms with van der Waals surface area (Å²) < 4.78 is 15.4. The van der Waals surface area contributed by atoms with Crippen LogP contribution < -0.4 is 14.8 Å². The van der Waals surface area contributed by atoms with Crippen molar-refractivity contribution < 1.29 is 28.7 Å². The monoisotopic (exact) mass is 425 g/mol. The van der Waals surface area contributed by atoms with E-state index in [1.54, 1.807) is 19.1 Å². The fourth-order valence-corrected chi connectivity index (χ4v) is 2.44. The number of nitrogens with one attached hydrogen (secondary N) is 1. The normalized spacial score (nSPS) is 10.5. The third-order valence-electron chi connectivity index (χ3n) is 3.83. The van der Waals surface area contributed by atoms with E-state index in [0.717, 1.165) is 0 Å². The number of rotatable bonds is 9. The van der Waals surface area contributed by atoms with E-state index in [4.69, 9.17) is 14.2 Å². The molecule has 2 rings (SSSR count). The van der Waals surface area contributed by atoms with Gasteiger partial charge in [0.25, 0.3) is 11.6 Å². The SMILES string of the molecule is CCOC(=O)COc1ccc(/C=C(\C#N)C(=O)Nc2cccc([N+](=O)[O-])c2)cc1OC. The van der Waals surface area contributed by atoms with E-state index < -0.39 is 16.8 Å². The predicted molar refractivity (Wildman–Crippen MR) is 110 cm³/mol. The Hall–Kier alpha value is -4.39. The number of nitro benzene ring substituents is 1. The van der Waals surface area contributed by atoms with Crippen molar-refractivity contribution in [1.29, 1.82) is 5.26 Å². The van der Waals surface area contributed by atoms with Gasteiger partial charge in [0.2, 0.25) is 0 Å². The molecule has 0 bridgehead atoms. The fraction of sp³-hybridized carbons (Fsp3) is 0.190. The molecule has 0 spiro atoms. The Kier molecular flexibility index (Phi) is 8.10. The molecule has 0 atom stereocenters. The average Bonchev–Trinajstić information content (AvgIpc) is 2.76. The van der Waals surface area contributed by atoms with Gasteiger partial charge < -0.3 is 19.5 Å². The quantitative estimate of drug-likeness (QED) is 0.212. The first-order valence-corrected chi connectivity index (χ1v) is 9.02. The molecule has 0 aliphatic carbocycles. The molecule has 0 aromatic heterocycles. The van der Waals surface area contributed by atoms with Crippen molar-refractivity contribution in [2.45, 2.75) is 6.92 Å². The van der Waals surface area contributed by atoms with E-state index in [1.165, 1.54) is 49.6 Å². The first kappa shape index (κ1) is 22.9. The van der Waals surface area contributed by atoms with Gasteiger partial charge in [-0.3, -0.25) is 14.9 Å². The Morgan fingerprint density at radius 2 is 2.00 bits per heavy atom. The second-order valence-corrected chi connectivity index (χ2v) is 5.94. The molecule has 160 valence electrons. The van der Waals surface area contributed by atoms with Crippen LogP contribution in [-0.4, -0.2) is 37.1 Å². The lowest BCUT2D eigenvalue weighted by molar-refractivity contribution is -0.384. The van der Waals surface area contributed by atoms with Crippen molar-refractivity contribution in [1.82, 2.24) is 0 Å². The highest BCUT2D eigenvalue weighted by molar-refractivity contribution is 6.09. The molecule has 1 amide bonds. The Balaban J connectivity index is 2.18. The van der Waals surface area contributed by atoms with Gasteiger partial charge >= 0.3 is 5.97 Å². The largest absolute Gasteiger partial charge is 0.493 e. The van der Waals surface area contributed by atoms with Gasteiger partial charge in [0, 0.05) is 17.8 Å². The summed E-state index contributed by atoms with van der Waals surface area (Å²) in [5, 5.41) is 22.7. The van der Waals surface area contributed by atoms with Crippen LogP contribution in [0.4, 0.5) is 11.4 Å². The lowest BCUT2D eigenvalue weighted by atomic mass is 10.1. The van der Waals surface area contributed by atoms with E-state index in [1.807, 2.05) is 0 Å². The summed E-state index contributed by atoms with van der Waals surface area (Å²) >= 11 is 0. The van der Waals surface area contributed by atoms with Crippen LogP contribution in [-0.2, 0) is 14.3 Å². The fourth-order valence-electron chi connectivity index (χ4n) is 2.44. The Morgan fingerprint density at radius 3 is 2.65 bits per heavy atom. The average molecular weight is 425 g/mol. The van der Waals surface area contributed by atoms with Gasteiger partial charge in [-0.15, -0.1) is 0 Å². The number of nitriles is 1. The van der Waals surface area contributed by atoms with Crippen LogP contribution in [0.2, 0.25) is 0 Å². The number of hydrogen-bond acceptors (Lipinski definition) is 8. The van der Waals surface area contributed by atoms with E-state index >= 15 is 0 Å². The summed E-state index contributed by atoms with van der Waals surface area (Å²) in [7, 11) is 1.40. The molecule has 0 fully saturated rings. The summed E-state index contributed by atoms with van der Waals surface area (Å²) in [6.07, 6.45) is 1.32. The molecule has 1 N–H and O–H groups in total. The maximum absolute atomic E-state index is 12.4. The van der Waals surface area contributed by atoms with Crippen LogP contribution in [0.3, 0.4) is 0 Å². The number of methoxy groups -OCH3 is 1. The maximum Gasteiger partial charge on any atom is 0.344 e. The Morgan fingerprint density at radius 1 is 1.23 bits per heavy atom. The number of carbonyl (C=O) groups is 2. The number of benzene rings is 2. The Bertz CT molecular complexity index is 1060. The van der Waals surface area contributed by atoms with Gasteiger partial charge in [-0.05, 0) is 36.8 Å². The number of non-ortho nitro benzene ring substituents is 1. The van der Waals surface area contributed by atoms with E-state index in [-0.39, 0.29) is 41.7 Å². The lowest BCUT2D eigenvalue weighted by Gasteiger charge is -2.11. The van der Waals surface area contributed by atoms with E-state index in [0.29, 0.717) is 5.56 Å². The highest BCUT2D eigenvalue weighted by Gasteiger charge is 2.14. The third-order valence-corrected chi connectivity index (χ3v) is 3.83. The molecule has 0 saturated carbocycles. The Labute approximate surface area is 177 Å². The van der Waals surface area contributed by atoms with Crippen molar-refractivity contribution in [3.8, 4) is 17.6 Å². The molecule has 2 aromatic rings. The highest BCUT2D eigenvalue weighted by Crippen LogP contribution is 2.29. The van der Waals surface area contributed by atoms with Crippen molar-refractivity contribution in [2.75, 3.05) is 25.6 Å². The highest BCUT2D eigenvalue weighted by atomic mass is 16.6. The van der Waals surface area contributed by atoms with Gasteiger partial charge in [-0.25, -0.2) is 4.79 Å². The molecule has 0 heterocycles. The summed E-state index contributed by atoms with van der Waals surface area (Å²) in [5.41, 5.74) is 0.226. The van der Waals surface area contributed by atoms with E-state index in [2.05, 4.69) is 5.32 Å². The standard InChI is InChI=1S/C21H19N3O7/c1-3-30-20(25)13-31-18-8-7-14(10-19(18)29-2)9-15(12-22)21(26)23-16-5-4-6-17(11-16)24(27)28/h4-11H,3,13H2,1-2H3,(H,23,26)/b15-9+. The molecule has 10 nitrogen and oxygen atoms in total. The van der Waals surface area contributed by atoms with Crippen molar-refractivity contribution >= 4 is 29.3 Å². The number of amides is 1. The minimum Gasteiger partial charge on any atom is -0.493 e. The van der Waals surface area contributed by atoms with Crippen LogP contribution in [0.1, 0.15) is 12.5 Å². The predicted octanol–water partition coefficient (Wildman–Crippen LogP) is 3.09. The van der Waals surface area contributed by atoms with Gasteiger partial charge in [-0.1, -0.05) is 12.1 Å². The van der Waals surface area contributed by atoms with E-state index in [9.17, 15) is 25.0 Å². The number of carbonyl (C=O) groups excluding carboxylic acids is 2. The second-order valence-electron chi connectivity index (χ2n) is 5.94. The van der Waals surface area contributed by atoms with Gasteiger partial charge in [-0.2, -0.15) is 5.26 Å². The number of nitro groups is 1. The van der Waals surface area contributed by atoms with Crippen molar-refractivity contribution in [3.63, 3.8) is 0 Å². The summed E-state index contributed by atoms with van der Waals surface area (Å²) in [4.78, 5) is 34.1. The third kappa shape index (κ3) is 6.57. The number of nitrogens with zero attached hydrogens (tertiary/aromatic N) is 2. The number of hydrogen-bond donors (Lipinski definition) is 1. The minimum absolute atomic E-state index is 0.181. The van der Waals surface area contributed by atoms with Gasteiger partial charge in [0.05, 0.1) is 18.6 Å². The molecule has 0 radical (unpaired) electrons. The van der Waals surface area contributed by atoms with Crippen LogP contribution >= 0.6 is 0 Å². The first-order valence-electron chi connectivity index (χ1n) is 9.02. The zero-order chi connectivity index (χ0) is 22.8. The summed E-state index contributed by atoms with van der Waals surface area (Å²) in [6.45, 7) is 1.62. The topological polar surface area (TPSA) is 141 Å². The molecule has 2 aromatic carbocycles. The van der Waals surface area contributed by atoms with Crippen LogP contribution in [0.25, 0.3) is 6.08 Å². The van der Waals surface area contributed by atoms with Crippen LogP contribution in [0.5, 0.6) is 11.5 Å². The summed E-state index contributed by atoms with van der Waals surface area (Å²) in [6, 6.07) is 11.8. The molecular weight excluding hydrogens is 406 g/mol. The van der Waals surface area contributed by atoms with Gasteiger partial charge in [0.1, 0.15) is 11.6 Å². The lowest BCUT2D eigenvalue weighted by Crippen LogP contribution is -2.15. The molecule has 0 aliphatic rings. The molecule has 0 saturated heterocycles. The van der Waals surface area contributed by atoms with Crippen molar-refractivity contribution in [2.24, 2.45) is 0 Å². The number of esters is 1. The van der Waals surface area contributed by atoms with Crippen molar-refractivity contribution in [3.05, 3.63) is 63.7 Å². The van der Waals surface area contributed by atoms with Crippen LogP contribution in [0, 0.1) is 21.4 Å². The molecular formula is C21H19N3O7. The molecule has 31 heavy (non-hydrogen) atoms. The molecule has 0 aliphatic heterocycles. The number of anilines is 1. The van der Waals surface area contributed by atoms with Crippen LogP contribution in [0.15, 0.2) is 48.0 Å². The van der Waals surface area contributed by atoms with Gasteiger partial charge in [0.15, 0.2) is 18.1 Å².